The van der Waals surface area contributed by atoms with Crippen LogP contribution in [0.3, 0.4) is 0 Å². The summed E-state index contributed by atoms with van der Waals surface area (Å²) in [6, 6.07) is 6.94. The van der Waals surface area contributed by atoms with Crippen molar-refractivity contribution in [2.75, 3.05) is 13.7 Å². The summed E-state index contributed by atoms with van der Waals surface area (Å²) in [5.41, 5.74) is 2.25. The van der Waals surface area contributed by atoms with E-state index in [9.17, 15) is 4.79 Å². The minimum Gasteiger partial charge on any atom is -0.395 e. The lowest BCUT2D eigenvalue weighted by molar-refractivity contribution is 0.146. The fourth-order valence-corrected chi connectivity index (χ4v) is 1.92. The van der Waals surface area contributed by atoms with E-state index in [-0.39, 0.29) is 0 Å². The third-order valence-corrected chi connectivity index (χ3v) is 3.27. The van der Waals surface area contributed by atoms with E-state index in [2.05, 4.69) is 17.1 Å². The quantitative estimate of drug-likeness (QED) is 0.185. The Morgan fingerprint density at radius 3 is 2.88 bits per heavy atom. The maximum Gasteiger partial charge on any atom is 0.335 e. The Hall–Kier alpha value is -2.57. The number of hydrogen-bond acceptors (Lipinski definition) is 4. The van der Waals surface area contributed by atoms with E-state index in [0.717, 1.165) is 10.6 Å². The maximum absolute atomic E-state index is 11.7. The van der Waals surface area contributed by atoms with Crippen LogP contribution in [0.1, 0.15) is 18.9 Å². The van der Waals surface area contributed by atoms with Crippen molar-refractivity contribution in [2.24, 2.45) is 11.0 Å². The summed E-state index contributed by atoms with van der Waals surface area (Å²) in [6.07, 6.45) is 7.35. The van der Waals surface area contributed by atoms with Crippen LogP contribution in [0.25, 0.3) is 0 Å². The Kier molecular flexibility index (Phi) is 9.06. The molecule has 0 aliphatic carbocycles. The zero-order valence-corrected chi connectivity index (χ0v) is 15.2. The molecule has 1 rings (SSSR count). The molecule has 0 radical (unpaired) electrons. The SMILES string of the molecule is C=C/C=C\C=C(/CCON=C(C)c1cccc(Cl)c1)NC(=O)N(C)N. The first kappa shape index (κ1) is 20.5. The molecule has 3 N–H and O–H groups in total. The second kappa shape index (κ2) is 11.1. The summed E-state index contributed by atoms with van der Waals surface area (Å²) in [5.74, 6) is 5.41. The average molecular weight is 363 g/mol. The second-order valence-electron chi connectivity index (χ2n) is 5.12. The summed E-state index contributed by atoms with van der Waals surface area (Å²) in [7, 11) is 1.46. The van der Waals surface area contributed by atoms with E-state index >= 15 is 0 Å². The highest BCUT2D eigenvalue weighted by atomic mass is 35.5. The van der Waals surface area contributed by atoms with Crippen molar-refractivity contribution in [2.45, 2.75) is 13.3 Å². The minimum atomic E-state index is -0.420. The zero-order valence-electron chi connectivity index (χ0n) is 14.4. The molecular weight excluding hydrogens is 340 g/mol. The van der Waals surface area contributed by atoms with Gasteiger partial charge < -0.3 is 10.2 Å². The van der Waals surface area contributed by atoms with Crippen molar-refractivity contribution in [1.82, 2.24) is 10.3 Å². The average Bonchev–Trinajstić information content (AvgIpc) is 2.58. The Balaban J connectivity index is 2.62. The molecule has 0 aliphatic rings. The smallest absolute Gasteiger partial charge is 0.335 e. The van der Waals surface area contributed by atoms with E-state index in [0.29, 0.717) is 29.5 Å². The van der Waals surface area contributed by atoms with Gasteiger partial charge >= 0.3 is 6.03 Å². The van der Waals surface area contributed by atoms with Crippen LogP contribution in [0.4, 0.5) is 4.79 Å². The Morgan fingerprint density at radius 2 is 2.24 bits per heavy atom. The molecule has 2 amide bonds. The van der Waals surface area contributed by atoms with Crippen molar-refractivity contribution >= 4 is 23.3 Å². The molecule has 25 heavy (non-hydrogen) atoms. The van der Waals surface area contributed by atoms with Crippen molar-refractivity contribution in [1.29, 1.82) is 0 Å². The van der Waals surface area contributed by atoms with Crippen molar-refractivity contribution in [3.8, 4) is 0 Å². The van der Waals surface area contributed by atoms with E-state index in [1.165, 1.54) is 7.05 Å². The Labute approximate surface area is 153 Å². The number of urea groups is 1. The normalized spacial score (nSPS) is 12.2. The number of nitrogens with zero attached hydrogens (tertiary/aromatic N) is 2. The van der Waals surface area contributed by atoms with Crippen LogP contribution in [0.5, 0.6) is 0 Å². The number of amides is 2. The van der Waals surface area contributed by atoms with Crippen LogP contribution in [-0.4, -0.2) is 30.4 Å². The molecule has 1 aromatic rings. The highest BCUT2D eigenvalue weighted by Crippen LogP contribution is 2.11. The van der Waals surface area contributed by atoms with Gasteiger partial charge in [0.25, 0.3) is 0 Å². The third kappa shape index (κ3) is 8.19. The molecule has 0 bridgehead atoms. The number of carbonyl (C=O) groups excluding carboxylic acids is 1. The summed E-state index contributed by atoms with van der Waals surface area (Å²) in [5, 5.41) is 8.37. The molecule has 0 spiro atoms. The van der Waals surface area contributed by atoms with Crippen LogP contribution >= 0.6 is 11.6 Å². The minimum absolute atomic E-state index is 0.292. The number of hydrogen-bond donors (Lipinski definition) is 2. The highest BCUT2D eigenvalue weighted by molar-refractivity contribution is 6.31. The van der Waals surface area contributed by atoms with Gasteiger partial charge in [0.2, 0.25) is 0 Å². The number of nitrogens with one attached hydrogen (secondary N) is 1. The van der Waals surface area contributed by atoms with Gasteiger partial charge in [-0.15, -0.1) is 0 Å². The molecule has 6 nitrogen and oxygen atoms in total. The summed E-state index contributed by atoms with van der Waals surface area (Å²) < 4.78 is 0. The Bertz CT molecular complexity index is 681. The Morgan fingerprint density at radius 1 is 1.48 bits per heavy atom. The molecule has 0 atom stereocenters. The summed E-state index contributed by atoms with van der Waals surface area (Å²) in [4.78, 5) is 17.0. The number of allylic oxidation sites excluding steroid dienone is 4. The first-order chi connectivity index (χ1) is 11.9. The fraction of sp³-hybridized carbons (Fsp3) is 0.222. The zero-order chi connectivity index (χ0) is 18.7. The number of halogens is 1. The van der Waals surface area contributed by atoms with Gasteiger partial charge in [0.15, 0.2) is 0 Å². The van der Waals surface area contributed by atoms with E-state index in [1.54, 1.807) is 30.4 Å². The van der Waals surface area contributed by atoms with Gasteiger partial charge in [-0.25, -0.2) is 10.6 Å². The monoisotopic (exact) mass is 362 g/mol. The maximum atomic E-state index is 11.7. The van der Waals surface area contributed by atoms with Crippen molar-refractivity contribution in [3.63, 3.8) is 0 Å². The molecule has 7 heteroatoms. The third-order valence-electron chi connectivity index (χ3n) is 3.04. The van der Waals surface area contributed by atoms with E-state index < -0.39 is 6.03 Å². The molecule has 0 saturated heterocycles. The first-order valence-corrected chi connectivity index (χ1v) is 8.02. The summed E-state index contributed by atoms with van der Waals surface area (Å²) in [6.45, 7) is 5.72. The number of oxime groups is 1. The molecule has 0 aromatic heterocycles. The molecular formula is C18H23ClN4O2. The van der Waals surface area contributed by atoms with Crippen LogP contribution in [0.15, 0.2) is 66.0 Å². The molecule has 0 aliphatic heterocycles. The van der Waals surface area contributed by atoms with Crippen LogP contribution < -0.4 is 11.2 Å². The van der Waals surface area contributed by atoms with Gasteiger partial charge in [-0.2, -0.15) is 0 Å². The standard InChI is InChI=1S/C18H23ClN4O2/c1-4-5-6-10-17(21-18(24)23(3)20)11-12-25-22-14(2)15-8-7-9-16(19)13-15/h4-10,13H,1,11-12,20H2,2-3H3,(H,21,24)/b6-5-,17-10+,22-14?. The predicted molar refractivity (Wildman–Crippen MR) is 102 cm³/mol. The lowest BCUT2D eigenvalue weighted by atomic mass is 10.1. The van der Waals surface area contributed by atoms with Crippen LogP contribution in [0, 0.1) is 0 Å². The lowest BCUT2D eigenvalue weighted by Crippen LogP contribution is -2.41. The van der Waals surface area contributed by atoms with Gasteiger partial charge in [-0.3, -0.25) is 5.01 Å². The largest absolute Gasteiger partial charge is 0.395 e. The summed E-state index contributed by atoms with van der Waals surface area (Å²) >= 11 is 5.96. The number of benzene rings is 1. The molecule has 0 saturated carbocycles. The second-order valence-corrected chi connectivity index (χ2v) is 5.56. The van der Waals surface area contributed by atoms with Gasteiger partial charge in [-0.1, -0.05) is 53.7 Å². The number of rotatable bonds is 8. The van der Waals surface area contributed by atoms with Crippen LogP contribution in [-0.2, 0) is 4.84 Å². The van der Waals surface area contributed by atoms with Crippen molar-refractivity contribution < 1.29 is 9.63 Å². The van der Waals surface area contributed by atoms with E-state index in [4.69, 9.17) is 22.3 Å². The van der Waals surface area contributed by atoms with Gasteiger partial charge in [0.1, 0.15) is 6.61 Å². The van der Waals surface area contributed by atoms with E-state index in [1.807, 2.05) is 25.1 Å². The predicted octanol–water partition coefficient (Wildman–Crippen LogP) is 3.61. The molecule has 0 fully saturated rings. The number of nitrogens with two attached hydrogens (primary N) is 1. The number of hydrazine groups is 1. The molecule has 0 heterocycles. The first-order valence-electron chi connectivity index (χ1n) is 7.64. The van der Waals surface area contributed by atoms with Crippen LogP contribution in [0.2, 0.25) is 5.02 Å². The number of carbonyl (C=O) groups is 1. The lowest BCUT2D eigenvalue weighted by Gasteiger charge is -2.13. The fourth-order valence-electron chi connectivity index (χ4n) is 1.73. The van der Waals surface area contributed by atoms with Crippen molar-refractivity contribution in [3.05, 3.63) is 71.4 Å². The van der Waals surface area contributed by atoms with Gasteiger partial charge in [0, 0.05) is 29.8 Å². The highest BCUT2D eigenvalue weighted by Gasteiger charge is 2.06. The van der Waals surface area contributed by atoms with Gasteiger partial charge in [-0.05, 0) is 25.1 Å². The van der Waals surface area contributed by atoms with Gasteiger partial charge in [0.05, 0.1) is 5.71 Å². The molecule has 134 valence electrons. The molecule has 1 aromatic carbocycles. The topological polar surface area (TPSA) is 80.0 Å². The molecule has 0 unspecified atom stereocenters.